The number of rotatable bonds is 6. The van der Waals surface area contributed by atoms with Crippen molar-refractivity contribution in [2.45, 2.75) is 20.4 Å². The summed E-state index contributed by atoms with van der Waals surface area (Å²) in [6.45, 7) is 2.99. The number of benzene rings is 2. The molecule has 0 fully saturated rings. The molecule has 0 atom stereocenters. The lowest BCUT2D eigenvalue weighted by Crippen LogP contribution is -2.25. The molecule has 0 aliphatic heterocycles. The second-order valence-corrected chi connectivity index (χ2v) is 6.01. The number of oxazole rings is 1. The number of ether oxygens (including phenoxy) is 1. The molecule has 0 unspecified atom stereocenters. The molecule has 2 aromatic carbocycles. The third kappa shape index (κ3) is 3.85. The summed E-state index contributed by atoms with van der Waals surface area (Å²) in [7, 11) is 0. The highest BCUT2D eigenvalue weighted by Crippen LogP contribution is 2.18. The Kier molecular flexibility index (Phi) is 5.39. The van der Waals surface area contributed by atoms with Crippen molar-refractivity contribution in [2.24, 2.45) is 0 Å². The van der Waals surface area contributed by atoms with Crippen LogP contribution in [0.4, 0.5) is 5.69 Å². The van der Waals surface area contributed by atoms with E-state index in [4.69, 9.17) is 9.15 Å². The summed E-state index contributed by atoms with van der Waals surface area (Å²) in [6.07, 6.45) is 0. The second-order valence-electron chi connectivity index (χ2n) is 6.01. The predicted octanol–water partition coefficient (Wildman–Crippen LogP) is 2.61. The lowest BCUT2D eigenvalue weighted by Gasteiger charge is -2.10. The number of aromatic nitrogens is 1. The number of carbonyl (C=O) groups excluding carboxylic acids is 3. The number of carbonyl (C=O) groups is 3. The average molecular weight is 382 g/mol. The van der Waals surface area contributed by atoms with Crippen LogP contribution in [0.3, 0.4) is 0 Å². The largest absolute Gasteiger partial charge is 0.462 e. The van der Waals surface area contributed by atoms with E-state index >= 15 is 0 Å². The average Bonchev–Trinajstić information content (AvgIpc) is 2.96. The normalized spacial score (nSPS) is 10.6. The molecular weight excluding hydrogens is 364 g/mol. The van der Waals surface area contributed by atoms with Gasteiger partial charge in [0.25, 0.3) is 0 Å². The molecule has 28 heavy (non-hydrogen) atoms. The van der Waals surface area contributed by atoms with Crippen molar-refractivity contribution in [3.8, 4) is 0 Å². The van der Waals surface area contributed by atoms with Crippen LogP contribution in [0.15, 0.2) is 51.7 Å². The molecule has 0 saturated heterocycles. The number of fused-ring (bicyclic) bond motifs is 1. The maximum atomic E-state index is 12.5. The van der Waals surface area contributed by atoms with Gasteiger partial charge in [-0.3, -0.25) is 14.2 Å². The Hall–Kier alpha value is -3.68. The number of amides is 1. The Balaban J connectivity index is 1.85. The van der Waals surface area contributed by atoms with Gasteiger partial charge in [0, 0.05) is 5.56 Å². The SMILES string of the molecule is CCOC(=O)c1ccccc1NC(=O)Cn1c(=O)oc2cc(C(C)=O)ccc21. The first kappa shape index (κ1) is 19.1. The van der Waals surface area contributed by atoms with E-state index in [1.807, 2.05) is 0 Å². The van der Waals surface area contributed by atoms with Crippen molar-refractivity contribution in [3.63, 3.8) is 0 Å². The third-order valence-electron chi connectivity index (χ3n) is 4.07. The van der Waals surface area contributed by atoms with Gasteiger partial charge in [-0.05, 0) is 44.2 Å². The molecule has 0 radical (unpaired) electrons. The van der Waals surface area contributed by atoms with Crippen LogP contribution in [-0.4, -0.2) is 28.8 Å². The first-order valence-electron chi connectivity index (χ1n) is 8.61. The van der Waals surface area contributed by atoms with Crippen LogP contribution >= 0.6 is 0 Å². The molecule has 1 N–H and O–H groups in total. The van der Waals surface area contributed by atoms with E-state index in [9.17, 15) is 19.2 Å². The number of nitrogens with one attached hydrogen (secondary N) is 1. The van der Waals surface area contributed by atoms with Crippen molar-refractivity contribution in [1.29, 1.82) is 0 Å². The van der Waals surface area contributed by atoms with Crippen molar-refractivity contribution in [3.05, 3.63) is 64.1 Å². The smallest absolute Gasteiger partial charge is 0.420 e. The van der Waals surface area contributed by atoms with Crippen LogP contribution in [0.2, 0.25) is 0 Å². The van der Waals surface area contributed by atoms with Gasteiger partial charge >= 0.3 is 11.7 Å². The Labute approximate surface area is 159 Å². The molecule has 0 bridgehead atoms. The van der Waals surface area contributed by atoms with Gasteiger partial charge in [-0.15, -0.1) is 0 Å². The number of esters is 1. The zero-order valence-corrected chi connectivity index (χ0v) is 15.4. The van der Waals surface area contributed by atoms with E-state index in [2.05, 4.69) is 5.32 Å². The number of hydrogen-bond acceptors (Lipinski definition) is 6. The van der Waals surface area contributed by atoms with Crippen LogP contribution in [0, 0.1) is 0 Å². The summed E-state index contributed by atoms with van der Waals surface area (Å²) in [4.78, 5) is 48.1. The molecule has 0 aliphatic rings. The fourth-order valence-corrected chi connectivity index (χ4v) is 2.75. The number of nitrogens with zero attached hydrogens (tertiary/aromatic N) is 1. The number of anilines is 1. The summed E-state index contributed by atoms with van der Waals surface area (Å²) < 4.78 is 11.3. The summed E-state index contributed by atoms with van der Waals surface area (Å²) in [5, 5.41) is 2.61. The number of para-hydroxylation sites is 1. The maximum Gasteiger partial charge on any atom is 0.420 e. The van der Waals surface area contributed by atoms with Crippen molar-refractivity contribution in [2.75, 3.05) is 11.9 Å². The topological polar surface area (TPSA) is 108 Å². The predicted molar refractivity (Wildman–Crippen MR) is 102 cm³/mol. The third-order valence-corrected chi connectivity index (χ3v) is 4.07. The van der Waals surface area contributed by atoms with Crippen LogP contribution in [0.1, 0.15) is 34.6 Å². The Morgan fingerprint density at radius 1 is 1.14 bits per heavy atom. The minimum Gasteiger partial charge on any atom is -0.462 e. The van der Waals surface area contributed by atoms with Gasteiger partial charge in [0.05, 0.1) is 23.4 Å². The fraction of sp³-hybridized carbons (Fsp3) is 0.200. The number of Topliss-reactive ketones (excluding diaryl/α,β-unsaturated/α-hetero) is 1. The molecular formula is C20H18N2O6. The molecule has 1 amide bonds. The number of ketones is 1. The van der Waals surface area contributed by atoms with Crippen LogP contribution < -0.4 is 11.1 Å². The number of hydrogen-bond donors (Lipinski definition) is 1. The van der Waals surface area contributed by atoms with Gasteiger partial charge in [-0.2, -0.15) is 0 Å². The van der Waals surface area contributed by atoms with Gasteiger partial charge in [-0.25, -0.2) is 9.59 Å². The van der Waals surface area contributed by atoms with Gasteiger partial charge < -0.3 is 14.5 Å². The second kappa shape index (κ2) is 7.91. The van der Waals surface area contributed by atoms with E-state index in [1.54, 1.807) is 37.3 Å². The van der Waals surface area contributed by atoms with Crippen LogP contribution in [0.5, 0.6) is 0 Å². The monoisotopic (exact) mass is 382 g/mol. The lowest BCUT2D eigenvalue weighted by atomic mass is 10.1. The minimum absolute atomic E-state index is 0.161. The molecule has 8 heteroatoms. The molecule has 1 heterocycles. The Morgan fingerprint density at radius 2 is 1.89 bits per heavy atom. The fourth-order valence-electron chi connectivity index (χ4n) is 2.75. The van der Waals surface area contributed by atoms with Gasteiger partial charge in [0.15, 0.2) is 11.4 Å². The molecule has 8 nitrogen and oxygen atoms in total. The molecule has 0 spiro atoms. The Morgan fingerprint density at radius 3 is 2.61 bits per heavy atom. The highest BCUT2D eigenvalue weighted by atomic mass is 16.5. The molecule has 3 aromatic rings. The lowest BCUT2D eigenvalue weighted by molar-refractivity contribution is -0.116. The molecule has 0 saturated carbocycles. The van der Waals surface area contributed by atoms with E-state index < -0.39 is 17.6 Å². The highest BCUT2D eigenvalue weighted by Gasteiger charge is 2.17. The van der Waals surface area contributed by atoms with E-state index in [0.717, 1.165) is 4.57 Å². The van der Waals surface area contributed by atoms with Gasteiger partial charge in [0.1, 0.15) is 6.54 Å². The van der Waals surface area contributed by atoms with Crippen LogP contribution in [-0.2, 0) is 16.1 Å². The minimum atomic E-state index is -0.718. The highest BCUT2D eigenvalue weighted by molar-refractivity contribution is 6.01. The van der Waals surface area contributed by atoms with E-state index in [-0.39, 0.29) is 35.8 Å². The summed E-state index contributed by atoms with van der Waals surface area (Å²) in [6, 6.07) is 11.0. The van der Waals surface area contributed by atoms with E-state index in [1.165, 1.54) is 19.1 Å². The summed E-state index contributed by atoms with van der Waals surface area (Å²) in [5.41, 5.74) is 1.52. The molecule has 0 aliphatic carbocycles. The van der Waals surface area contributed by atoms with Crippen molar-refractivity contribution in [1.82, 2.24) is 4.57 Å². The molecule has 144 valence electrons. The van der Waals surface area contributed by atoms with E-state index in [0.29, 0.717) is 11.1 Å². The van der Waals surface area contributed by atoms with Gasteiger partial charge in [-0.1, -0.05) is 12.1 Å². The van der Waals surface area contributed by atoms with Gasteiger partial charge in [0.2, 0.25) is 5.91 Å². The Bertz CT molecular complexity index is 1130. The summed E-state index contributed by atoms with van der Waals surface area (Å²) >= 11 is 0. The van der Waals surface area contributed by atoms with Crippen molar-refractivity contribution >= 4 is 34.4 Å². The zero-order valence-electron chi connectivity index (χ0n) is 15.4. The first-order valence-corrected chi connectivity index (χ1v) is 8.61. The summed E-state index contributed by atoms with van der Waals surface area (Å²) in [5.74, 6) is -1.95. The standard InChI is InChI=1S/C20H18N2O6/c1-3-27-19(25)14-6-4-5-7-15(14)21-18(24)11-22-16-9-8-13(12(2)23)10-17(16)28-20(22)26/h4-10H,3,11H2,1-2H3,(H,21,24). The molecule has 3 rings (SSSR count). The van der Waals surface area contributed by atoms with Crippen LogP contribution in [0.25, 0.3) is 11.1 Å². The zero-order chi connectivity index (χ0) is 20.3. The maximum absolute atomic E-state index is 12.5. The molecule has 1 aromatic heterocycles. The van der Waals surface area contributed by atoms with Crippen molar-refractivity contribution < 1.29 is 23.5 Å². The first-order chi connectivity index (χ1) is 13.4. The quantitative estimate of drug-likeness (QED) is 0.519.